The normalized spacial score (nSPS) is 16.6. The number of benzene rings is 1. The maximum Gasteiger partial charge on any atom is 0.193 e. The van der Waals surface area contributed by atoms with Gasteiger partial charge in [0.05, 0.1) is 18.7 Å². The highest BCUT2D eigenvalue weighted by Gasteiger charge is 2.17. The van der Waals surface area contributed by atoms with E-state index in [4.69, 9.17) is 22.1 Å². The molecule has 0 bridgehead atoms. The third-order valence-electron chi connectivity index (χ3n) is 4.36. The second-order valence-corrected chi connectivity index (χ2v) is 6.42. The lowest BCUT2D eigenvalue weighted by molar-refractivity contribution is 0.196. The first-order valence-corrected chi connectivity index (χ1v) is 8.58. The highest BCUT2D eigenvalue weighted by Crippen LogP contribution is 2.27. The number of guanidine groups is 1. The molecule has 0 heterocycles. The minimum Gasteiger partial charge on any atom is -0.495 e. The lowest BCUT2D eigenvalue weighted by atomic mass is 9.94. The summed E-state index contributed by atoms with van der Waals surface area (Å²) in [7, 11) is 3.77. The van der Waals surface area contributed by atoms with Crippen molar-refractivity contribution in [2.24, 2.45) is 10.7 Å². The summed E-state index contributed by atoms with van der Waals surface area (Å²) in [6, 6.07) is 6.14. The molecule has 0 aliphatic heterocycles. The fourth-order valence-corrected chi connectivity index (χ4v) is 3.22. The van der Waals surface area contributed by atoms with Gasteiger partial charge in [-0.3, -0.25) is 4.99 Å². The third-order valence-corrected chi connectivity index (χ3v) is 4.65. The Kier molecular flexibility index (Phi) is 6.99. The molecule has 1 aliphatic rings. The van der Waals surface area contributed by atoms with Gasteiger partial charge < -0.3 is 20.7 Å². The number of nitrogens with zero attached hydrogens (tertiary/aromatic N) is 2. The summed E-state index contributed by atoms with van der Waals surface area (Å²) in [4.78, 5) is 6.80. The monoisotopic (exact) mass is 338 g/mol. The highest BCUT2D eigenvalue weighted by atomic mass is 35.5. The lowest BCUT2D eigenvalue weighted by Gasteiger charge is -2.30. The fourth-order valence-electron chi connectivity index (χ4n) is 2.96. The van der Waals surface area contributed by atoms with Crippen molar-refractivity contribution in [2.45, 2.75) is 38.1 Å². The number of hydrogen-bond acceptors (Lipinski definition) is 3. The van der Waals surface area contributed by atoms with Crippen molar-refractivity contribution in [3.63, 3.8) is 0 Å². The van der Waals surface area contributed by atoms with Crippen molar-refractivity contribution in [2.75, 3.05) is 32.6 Å². The van der Waals surface area contributed by atoms with Crippen molar-refractivity contribution in [1.29, 1.82) is 0 Å². The van der Waals surface area contributed by atoms with Crippen LogP contribution < -0.4 is 15.8 Å². The minimum absolute atomic E-state index is 0.406. The largest absolute Gasteiger partial charge is 0.495 e. The zero-order valence-corrected chi connectivity index (χ0v) is 14.8. The summed E-state index contributed by atoms with van der Waals surface area (Å²) >= 11 is 6.09. The molecular formula is C17H27ClN4O. The Labute approximate surface area is 143 Å². The van der Waals surface area contributed by atoms with Crippen LogP contribution in [-0.4, -0.2) is 44.1 Å². The number of aliphatic imine (C=N–C) groups is 1. The van der Waals surface area contributed by atoms with Gasteiger partial charge in [-0.05, 0) is 38.1 Å². The Morgan fingerprint density at radius 1 is 1.39 bits per heavy atom. The molecule has 2 rings (SSSR count). The quantitative estimate of drug-likeness (QED) is 0.617. The molecule has 0 saturated heterocycles. The number of nitrogens with two attached hydrogens (primary N) is 1. The minimum atomic E-state index is 0.406. The van der Waals surface area contributed by atoms with Crippen molar-refractivity contribution >= 4 is 23.2 Å². The van der Waals surface area contributed by atoms with Crippen LogP contribution in [0.15, 0.2) is 23.2 Å². The molecule has 1 fully saturated rings. The number of likely N-dealkylation sites (N-methyl/N-ethyl adjacent to an activating group) is 1. The summed E-state index contributed by atoms with van der Waals surface area (Å²) in [5, 5.41) is 3.60. The van der Waals surface area contributed by atoms with Crippen molar-refractivity contribution in [3.8, 4) is 5.75 Å². The molecule has 0 aromatic heterocycles. The SMILES string of the molecule is COc1ccc(NC(N)=NCCN(C)C2CCCCC2)cc1Cl. The zero-order chi connectivity index (χ0) is 16.7. The predicted molar refractivity (Wildman–Crippen MR) is 97.6 cm³/mol. The Hall–Kier alpha value is -1.46. The van der Waals surface area contributed by atoms with E-state index in [1.807, 2.05) is 6.07 Å². The van der Waals surface area contributed by atoms with Crippen LogP contribution in [0.1, 0.15) is 32.1 Å². The second kappa shape index (κ2) is 8.99. The topological polar surface area (TPSA) is 62.9 Å². The van der Waals surface area contributed by atoms with Gasteiger partial charge in [-0.15, -0.1) is 0 Å². The number of anilines is 1. The molecule has 3 N–H and O–H groups in total. The van der Waals surface area contributed by atoms with E-state index in [-0.39, 0.29) is 0 Å². The first kappa shape index (κ1) is 17.9. The molecule has 128 valence electrons. The predicted octanol–water partition coefficient (Wildman–Crippen LogP) is 3.34. The maximum atomic E-state index is 6.09. The Morgan fingerprint density at radius 3 is 2.78 bits per heavy atom. The molecule has 5 nitrogen and oxygen atoms in total. The summed E-state index contributed by atoms with van der Waals surface area (Å²) in [6.45, 7) is 1.62. The van der Waals surface area contributed by atoms with E-state index in [1.165, 1.54) is 32.1 Å². The molecule has 0 atom stereocenters. The Balaban J connectivity index is 1.79. The van der Waals surface area contributed by atoms with Crippen LogP contribution in [0, 0.1) is 0 Å². The van der Waals surface area contributed by atoms with Crippen LogP contribution in [-0.2, 0) is 0 Å². The lowest BCUT2D eigenvalue weighted by Crippen LogP contribution is -2.35. The molecule has 0 spiro atoms. The molecule has 6 heteroatoms. The molecule has 0 amide bonds. The highest BCUT2D eigenvalue weighted by molar-refractivity contribution is 6.32. The average Bonchev–Trinajstić information content (AvgIpc) is 2.55. The molecular weight excluding hydrogens is 312 g/mol. The molecule has 1 aromatic rings. The van der Waals surface area contributed by atoms with E-state index in [9.17, 15) is 0 Å². The van der Waals surface area contributed by atoms with Crippen LogP contribution in [0.2, 0.25) is 5.02 Å². The third kappa shape index (κ3) is 5.59. The van der Waals surface area contributed by atoms with Gasteiger partial charge in [0.1, 0.15) is 5.75 Å². The van der Waals surface area contributed by atoms with Gasteiger partial charge in [0.15, 0.2) is 5.96 Å². The maximum absolute atomic E-state index is 6.09. The first-order chi connectivity index (χ1) is 11.1. The number of halogens is 1. The molecule has 1 saturated carbocycles. The van der Waals surface area contributed by atoms with Crippen molar-refractivity contribution < 1.29 is 4.74 Å². The first-order valence-electron chi connectivity index (χ1n) is 8.21. The van der Waals surface area contributed by atoms with Crippen molar-refractivity contribution in [3.05, 3.63) is 23.2 Å². The van der Waals surface area contributed by atoms with Gasteiger partial charge in [0.2, 0.25) is 0 Å². The van der Waals surface area contributed by atoms with Crippen LogP contribution in [0.4, 0.5) is 5.69 Å². The van der Waals surface area contributed by atoms with E-state index < -0.39 is 0 Å². The van der Waals surface area contributed by atoms with Crippen LogP contribution in [0.5, 0.6) is 5.75 Å². The van der Waals surface area contributed by atoms with Crippen LogP contribution >= 0.6 is 11.6 Å². The van der Waals surface area contributed by atoms with Crippen molar-refractivity contribution in [1.82, 2.24) is 4.90 Å². The zero-order valence-electron chi connectivity index (χ0n) is 14.0. The van der Waals surface area contributed by atoms with Gasteiger partial charge in [-0.25, -0.2) is 0 Å². The molecule has 0 unspecified atom stereocenters. The van der Waals surface area contributed by atoms with Gasteiger partial charge in [0, 0.05) is 18.3 Å². The van der Waals surface area contributed by atoms with E-state index >= 15 is 0 Å². The standard InChI is InChI=1S/C17H27ClN4O/c1-22(14-6-4-3-5-7-14)11-10-20-17(19)21-13-8-9-16(23-2)15(18)12-13/h8-9,12,14H,3-7,10-11H2,1-2H3,(H3,19,20,21). The van der Waals surface area contributed by atoms with Gasteiger partial charge in [0.25, 0.3) is 0 Å². The Bertz CT molecular complexity index is 529. The van der Waals surface area contributed by atoms with E-state index in [0.717, 1.165) is 12.2 Å². The number of nitrogens with one attached hydrogen (secondary N) is 1. The summed E-state index contributed by atoms with van der Waals surface area (Å²) < 4.78 is 5.13. The smallest absolute Gasteiger partial charge is 0.193 e. The van der Waals surface area contributed by atoms with Gasteiger partial charge >= 0.3 is 0 Å². The average molecular weight is 339 g/mol. The second-order valence-electron chi connectivity index (χ2n) is 6.01. The fraction of sp³-hybridized carbons (Fsp3) is 0.588. The van der Waals surface area contributed by atoms with Crippen LogP contribution in [0.25, 0.3) is 0 Å². The Morgan fingerprint density at radius 2 is 2.13 bits per heavy atom. The number of hydrogen-bond donors (Lipinski definition) is 2. The number of rotatable bonds is 6. The van der Waals surface area contributed by atoms with Crippen LogP contribution in [0.3, 0.4) is 0 Å². The number of ether oxygens (including phenoxy) is 1. The van der Waals surface area contributed by atoms with Gasteiger partial charge in [-0.2, -0.15) is 0 Å². The number of methoxy groups -OCH3 is 1. The summed E-state index contributed by atoms with van der Waals surface area (Å²) in [5.74, 6) is 1.05. The van der Waals surface area contributed by atoms with E-state index in [1.54, 1.807) is 19.2 Å². The molecule has 23 heavy (non-hydrogen) atoms. The van der Waals surface area contributed by atoms with E-state index in [2.05, 4.69) is 22.3 Å². The molecule has 0 radical (unpaired) electrons. The van der Waals surface area contributed by atoms with Gasteiger partial charge in [-0.1, -0.05) is 30.9 Å². The molecule has 1 aromatic carbocycles. The summed E-state index contributed by atoms with van der Waals surface area (Å²) in [5.41, 5.74) is 6.74. The summed E-state index contributed by atoms with van der Waals surface area (Å²) in [6.07, 6.45) is 6.68. The van der Waals surface area contributed by atoms with E-state index in [0.29, 0.717) is 29.3 Å². The molecule has 1 aliphatic carbocycles.